The summed E-state index contributed by atoms with van der Waals surface area (Å²) in [6.45, 7) is 3.83. The third-order valence-electron chi connectivity index (χ3n) is 4.77. The number of hydrogen-bond acceptors (Lipinski definition) is 7. The van der Waals surface area contributed by atoms with Gasteiger partial charge in [0.2, 0.25) is 0 Å². The van der Waals surface area contributed by atoms with Crippen LogP contribution < -0.4 is 10.6 Å². The Bertz CT molecular complexity index is 934. The molecule has 8 nitrogen and oxygen atoms in total. The van der Waals surface area contributed by atoms with E-state index in [1.165, 1.54) is 16.6 Å². The maximum atomic E-state index is 12.4. The quantitative estimate of drug-likeness (QED) is 0.491. The molecule has 1 aliphatic carbocycles. The Kier molecular flexibility index (Phi) is 5.91. The number of ether oxygens (including phenoxy) is 1. The highest BCUT2D eigenvalue weighted by molar-refractivity contribution is 7.99. The fraction of sp³-hybridized carbons (Fsp3) is 0.474. The lowest BCUT2D eigenvalue weighted by molar-refractivity contribution is -0.138. The summed E-state index contributed by atoms with van der Waals surface area (Å²) in [6.07, 6.45) is 3.01. The molecule has 1 atom stereocenters. The van der Waals surface area contributed by atoms with Gasteiger partial charge in [0, 0.05) is 28.8 Å². The SMILES string of the molecule is CCOC(=O)C1=C(CSc2nnc(Cc3cccs3)n2C2CC2)NC(=O)NC1C. The van der Waals surface area contributed by atoms with E-state index >= 15 is 0 Å². The van der Waals surface area contributed by atoms with E-state index in [1.807, 2.05) is 6.07 Å². The zero-order chi connectivity index (χ0) is 20.4. The fourth-order valence-corrected chi connectivity index (χ4v) is 5.02. The van der Waals surface area contributed by atoms with Crippen molar-refractivity contribution in [2.24, 2.45) is 0 Å². The van der Waals surface area contributed by atoms with Gasteiger partial charge in [0.15, 0.2) is 5.16 Å². The van der Waals surface area contributed by atoms with Gasteiger partial charge in [-0.1, -0.05) is 17.8 Å². The van der Waals surface area contributed by atoms with Crippen LogP contribution in [0.5, 0.6) is 0 Å². The molecule has 2 aliphatic rings. The van der Waals surface area contributed by atoms with Crippen LogP contribution in [0, 0.1) is 0 Å². The minimum atomic E-state index is -0.412. The van der Waals surface area contributed by atoms with Gasteiger partial charge in [-0.2, -0.15) is 0 Å². The normalized spacial score (nSPS) is 19.1. The monoisotopic (exact) mass is 433 g/mol. The van der Waals surface area contributed by atoms with Gasteiger partial charge in [-0.05, 0) is 38.1 Å². The van der Waals surface area contributed by atoms with Crippen molar-refractivity contribution >= 4 is 35.1 Å². The van der Waals surface area contributed by atoms with Gasteiger partial charge in [0.05, 0.1) is 18.2 Å². The van der Waals surface area contributed by atoms with Gasteiger partial charge >= 0.3 is 12.0 Å². The van der Waals surface area contributed by atoms with E-state index < -0.39 is 12.0 Å². The van der Waals surface area contributed by atoms with Crippen LogP contribution in [0.2, 0.25) is 0 Å². The minimum absolute atomic E-state index is 0.283. The molecule has 10 heteroatoms. The Morgan fingerprint density at radius 1 is 1.41 bits per heavy atom. The molecule has 2 aromatic rings. The highest BCUT2D eigenvalue weighted by atomic mass is 32.2. The van der Waals surface area contributed by atoms with Crippen LogP contribution in [0.3, 0.4) is 0 Å². The summed E-state index contributed by atoms with van der Waals surface area (Å²) in [6, 6.07) is 3.85. The number of esters is 1. The second-order valence-corrected chi connectivity index (χ2v) is 8.95. The van der Waals surface area contributed by atoms with Crippen LogP contribution in [0.25, 0.3) is 0 Å². The predicted molar refractivity (Wildman–Crippen MR) is 111 cm³/mol. The van der Waals surface area contributed by atoms with Crippen molar-refractivity contribution in [1.29, 1.82) is 0 Å². The molecule has 3 heterocycles. The van der Waals surface area contributed by atoms with Gasteiger partial charge in [-0.3, -0.25) is 0 Å². The lowest BCUT2D eigenvalue weighted by Gasteiger charge is -2.26. The first kappa shape index (κ1) is 20.0. The Hall–Kier alpha value is -2.33. The number of amides is 2. The molecule has 1 aliphatic heterocycles. The van der Waals surface area contributed by atoms with Crippen molar-refractivity contribution in [3.63, 3.8) is 0 Å². The summed E-state index contributed by atoms with van der Waals surface area (Å²) in [5.74, 6) is 0.959. The first-order valence-electron chi connectivity index (χ1n) is 9.63. The topological polar surface area (TPSA) is 98.1 Å². The molecule has 1 fully saturated rings. The average Bonchev–Trinajstić information content (AvgIpc) is 3.22. The van der Waals surface area contributed by atoms with E-state index in [9.17, 15) is 9.59 Å². The first-order valence-corrected chi connectivity index (χ1v) is 11.5. The molecular formula is C19H23N5O3S2. The zero-order valence-electron chi connectivity index (χ0n) is 16.3. The molecule has 0 saturated heterocycles. The highest BCUT2D eigenvalue weighted by Gasteiger charge is 2.32. The standard InChI is InChI=1S/C19H23N5O3S2/c1-3-27-17(25)16-11(2)20-18(26)21-14(16)10-29-19-23-22-15(24(19)12-6-7-12)9-13-5-4-8-28-13/h4-5,8,11-12H,3,6-7,9-10H2,1-2H3,(H2,20,21,26). The molecule has 154 valence electrons. The smallest absolute Gasteiger partial charge is 0.337 e. The van der Waals surface area contributed by atoms with E-state index in [-0.39, 0.29) is 12.6 Å². The van der Waals surface area contributed by atoms with E-state index in [4.69, 9.17) is 4.74 Å². The summed E-state index contributed by atoms with van der Waals surface area (Å²) >= 11 is 3.19. The Morgan fingerprint density at radius 3 is 2.93 bits per heavy atom. The van der Waals surface area contributed by atoms with Crippen LogP contribution in [0.1, 0.15) is 43.4 Å². The number of nitrogens with one attached hydrogen (secondary N) is 2. The maximum absolute atomic E-state index is 12.4. The number of urea groups is 1. The summed E-state index contributed by atoms with van der Waals surface area (Å²) in [5, 5.41) is 17.2. The Balaban J connectivity index is 1.55. The van der Waals surface area contributed by atoms with Crippen LogP contribution in [0.4, 0.5) is 4.79 Å². The van der Waals surface area contributed by atoms with Crippen LogP contribution in [-0.4, -0.2) is 45.2 Å². The van der Waals surface area contributed by atoms with Crippen LogP contribution in [0.15, 0.2) is 33.9 Å². The fourth-order valence-electron chi connectivity index (χ4n) is 3.32. The first-order chi connectivity index (χ1) is 14.1. The molecule has 2 N–H and O–H groups in total. The second-order valence-electron chi connectivity index (χ2n) is 6.98. The molecular weight excluding hydrogens is 410 g/mol. The number of thiophene rings is 1. The molecule has 1 saturated carbocycles. The minimum Gasteiger partial charge on any atom is -0.463 e. The van der Waals surface area contributed by atoms with E-state index in [0.717, 1.165) is 30.2 Å². The Labute approximate surface area is 177 Å². The van der Waals surface area contributed by atoms with Crippen LogP contribution >= 0.6 is 23.1 Å². The average molecular weight is 434 g/mol. The summed E-state index contributed by atoms with van der Waals surface area (Å²) in [4.78, 5) is 25.6. The number of carbonyl (C=O) groups is 2. The van der Waals surface area contributed by atoms with Gasteiger partial charge in [-0.25, -0.2) is 9.59 Å². The number of carbonyl (C=O) groups excluding carboxylic acids is 2. The third kappa shape index (κ3) is 4.48. The molecule has 0 spiro atoms. The molecule has 1 unspecified atom stereocenters. The van der Waals surface area contributed by atoms with Crippen molar-refractivity contribution in [3.05, 3.63) is 39.5 Å². The summed E-state index contributed by atoms with van der Waals surface area (Å²) < 4.78 is 7.38. The van der Waals surface area contributed by atoms with Crippen molar-refractivity contribution in [1.82, 2.24) is 25.4 Å². The third-order valence-corrected chi connectivity index (χ3v) is 6.62. The lowest BCUT2D eigenvalue weighted by Crippen LogP contribution is -2.49. The summed E-state index contributed by atoms with van der Waals surface area (Å²) in [5.41, 5.74) is 1.02. The van der Waals surface area contributed by atoms with Crippen LogP contribution in [-0.2, 0) is 16.0 Å². The van der Waals surface area contributed by atoms with Crippen molar-refractivity contribution in [2.45, 2.75) is 50.4 Å². The molecule has 4 rings (SSSR count). The predicted octanol–water partition coefficient (Wildman–Crippen LogP) is 2.88. The largest absolute Gasteiger partial charge is 0.463 e. The maximum Gasteiger partial charge on any atom is 0.337 e. The Morgan fingerprint density at radius 2 is 2.24 bits per heavy atom. The van der Waals surface area contributed by atoms with Gasteiger partial charge in [0.1, 0.15) is 5.82 Å². The van der Waals surface area contributed by atoms with E-state index in [2.05, 4.69) is 36.8 Å². The number of thioether (sulfide) groups is 1. The molecule has 2 aromatic heterocycles. The van der Waals surface area contributed by atoms with Crippen molar-refractivity contribution in [2.75, 3.05) is 12.4 Å². The van der Waals surface area contributed by atoms with Gasteiger partial charge in [-0.15, -0.1) is 21.5 Å². The second kappa shape index (κ2) is 8.58. The van der Waals surface area contributed by atoms with Gasteiger partial charge < -0.3 is 19.9 Å². The van der Waals surface area contributed by atoms with Crippen molar-refractivity contribution < 1.29 is 14.3 Å². The number of nitrogens with zero attached hydrogens (tertiary/aromatic N) is 3. The molecule has 29 heavy (non-hydrogen) atoms. The van der Waals surface area contributed by atoms with E-state index in [1.54, 1.807) is 25.2 Å². The van der Waals surface area contributed by atoms with Crippen molar-refractivity contribution in [3.8, 4) is 0 Å². The number of hydrogen-bond donors (Lipinski definition) is 2. The zero-order valence-corrected chi connectivity index (χ0v) is 17.9. The lowest BCUT2D eigenvalue weighted by atomic mass is 10.1. The molecule has 0 radical (unpaired) electrons. The van der Waals surface area contributed by atoms with E-state index in [0.29, 0.717) is 23.1 Å². The number of rotatable bonds is 8. The summed E-state index contributed by atoms with van der Waals surface area (Å²) in [7, 11) is 0. The number of aromatic nitrogens is 3. The molecule has 2 amide bonds. The molecule has 0 bridgehead atoms. The highest BCUT2D eigenvalue weighted by Crippen LogP contribution is 2.39. The molecule has 0 aromatic carbocycles. The van der Waals surface area contributed by atoms with Gasteiger partial charge in [0.25, 0.3) is 0 Å².